The molecular weight excluding hydrogens is 389 g/mol. The Bertz CT molecular complexity index is 996. The Hall–Kier alpha value is -2.96. The number of amides is 1. The SMILES string of the molecule is O=C(Cc1cc(Cl)cc(Cl)c1)C(=O)n1ccc(NC(=O)c2ccccn2)c1. The van der Waals surface area contributed by atoms with Crippen molar-refractivity contribution in [3.63, 3.8) is 0 Å². The van der Waals surface area contributed by atoms with Crippen LogP contribution in [0.15, 0.2) is 61.1 Å². The maximum Gasteiger partial charge on any atom is 0.298 e. The molecule has 0 spiro atoms. The number of rotatable bonds is 5. The van der Waals surface area contributed by atoms with Crippen molar-refractivity contribution >= 4 is 46.5 Å². The second kappa shape index (κ2) is 8.16. The number of carbonyl (C=O) groups excluding carboxylic acids is 3. The summed E-state index contributed by atoms with van der Waals surface area (Å²) in [6.45, 7) is 0. The molecule has 1 aromatic carbocycles. The van der Waals surface area contributed by atoms with Crippen molar-refractivity contribution < 1.29 is 14.4 Å². The van der Waals surface area contributed by atoms with E-state index >= 15 is 0 Å². The van der Waals surface area contributed by atoms with Crippen LogP contribution in [-0.4, -0.2) is 27.1 Å². The Labute approximate surface area is 164 Å². The van der Waals surface area contributed by atoms with E-state index in [9.17, 15) is 14.4 Å². The minimum atomic E-state index is -0.732. The van der Waals surface area contributed by atoms with Gasteiger partial charge in [-0.1, -0.05) is 29.3 Å². The largest absolute Gasteiger partial charge is 0.319 e. The molecule has 3 rings (SSSR count). The van der Waals surface area contributed by atoms with Crippen molar-refractivity contribution in [3.8, 4) is 0 Å². The molecule has 136 valence electrons. The van der Waals surface area contributed by atoms with E-state index < -0.39 is 17.6 Å². The molecule has 0 aliphatic carbocycles. The van der Waals surface area contributed by atoms with Crippen molar-refractivity contribution in [2.45, 2.75) is 6.42 Å². The number of Topliss-reactive ketones (excluding diaryl/α,β-unsaturated/α-hetero) is 1. The third-order valence-corrected chi connectivity index (χ3v) is 4.04. The number of carbonyl (C=O) groups is 3. The lowest BCUT2D eigenvalue weighted by Crippen LogP contribution is -2.22. The Morgan fingerprint density at radius 2 is 1.78 bits per heavy atom. The molecule has 6 nitrogen and oxygen atoms in total. The van der Waals surface area contributed by atoms with Crippen LogP contribution in [0.3, 0.4) is 0 Å². The van der Waals surface area contributed by atoms with Gasteiger partial charge in [-0.05, 0) is 42.0 Å². The van der Waals surface area contributed by atoms with Gasteiger partial charge in [-0.2, -0.15) is 0 Å². The lowest BCUT2D eigenvalue weighted by Gasteiger charge is -2.04. The zero-order chi connectivity index (χ0) is 19.4. The standard InChI is InChI=1S/C19H13Cl2N3O3/c20-13-7-12(8-14(21)10-13)9-17(25)19(27)24-6-4-15(11-24)23-18(26)16-3-1-2-5-22-16/h1-8,10-11H,9H2,(H,23,26). The van der Waals surface area contributed by atoms with E-state index in [1.807, 2.05) is 0 Å². The molecule has 0 atom stereocenters. The summed E-state index contributed by atoms with van der Waals surface area (Å²) in [6, 6.07) is 11.2. The zero-order valence-electron chi connectivity index (χ0n) is 13.9. The molecule has 2 aromatic heterocycles. The van der Waals surface area contributed by atoms with Gasteiger partial charge in [-0.25, -0.2) is 0 Å². The number of benzene rings is 1. The second-order valence-corrected chi connectivity index (χ2v) is 6.53. The van der Waals surface area contributed by atoms with Gasteiger partial charge in [0, 0.05) is 35.1 Å². The Morgan fingerprint density at radius 1 is 1.04 bits per heavy atom. The van der Waals surface area contributed by atoms with Crippen LogP contribution >= 0.6 is 23.2 Å². The Morgan fingerprint density at radius 3 is 2.44 bits per heavy atom. The summed E-state index contributed by atoms with van der Waals surface area (Å²) in [4.78, 5) is 40.6. The van der Waals surface area contributed by atoms with E-state index in [1.54, 1.807) is 36.4 Å². The number of halogens is 2. The number of anilines is 1. The van der Waals surface area contributed by atoms with E-state index in [-0.39, 0.29) is 12.1 Å². The van der Waals surface area contributed by atoms with Crippen LogP contribution in [0.5, 0.6) is 0 Å². The molecule has 1 amide bonds. The molecule has 0 aliphatic heterocycles. The van der Waals surface area contributed by atoms with Crippen molar-refractivity contribution in [1.82, 2.24) is 9.55 Å². The quantitative estimate of drug-likeness (QED) is 0.657. The van der Waals surface area contributed by atoms with Crippen molar-refractivity contribution in [1.29, 1.82) is 0 Å². The van der Waals surface area contributed by atoms with E-state index in [0.29, 0.717) is 21.3 Å². The van der Waals surface area contributed by atoms with Crippen LogP contribution in [0, 0.1) is 0 Å². The summed E-state index contributed by atoms with van der Waals surface area (Å²) in [7, 11) is 0. The van der Waals surface area contributed by atoms with Gasteiger partial charge >= 0.3 is 0 Å². The molecule has 3 aromatic rings. The van der Waals surface area contributed by atoms with E-state index in [4.69, 9.17) is 23.2 Å². The number of nitrogens with one attached hydrogen (secondary N) is 1. The first-order valence-electron chi connectivity index (χ1n) is 7.85. The van der Waals surface area contributed by atoms with Gasteiger partial charge in [-0.3, -0.25) is 23.9 Å². The monoisotopic (exact) mass is 401 g/mol. The fourth-order valence-corrected chi connectivity index (χ4v) is 2.98. The molecule has 27 heavy (non-hydrogen) atoms. The van der Waals surface area contributed by atoms with Crippen LogP contribution in [-0.2, 0) is 11.2 Å². The van der Waals surface area contributed by atoms with E-state index in [2.05, 4.69) is 10.3 Å². The number of ketones is 1. The maximum absolute atomic E-state index is 12.3. The van der Waals surface area contributed by atoms with Crippen LogP contribution in [0.2, 0.25) is 10.0 Å². The highest BCUT2D eigenvalue weighted by Gasteiger charge is 2.18. The second-order valence-electron chi connectivity index (χ2n) is 5.66. The Kier molecular flexibility index (Phi) is 5.69. The zero-order valence-corrected chi connectivity index (χ0v) is 15.4. The van der Waals surface area contributed by atoms with Gasteiger partial charge in [0.2, 0.25) is 5.78 Å². The molecule has 8 heteroatoms. The Balaban J connectivity index is 1.67. The maximum atomic E-state index is 12.3. The highest BCUT2D eigenvalue weighted by atomic mass is 35.5. The van der Waals surface area contributed by atoms with Crippen LogP contribution < -0.4 is 5.32 Å². The third-order valence-electron chi connectivity index (χ3n) is 3.61. The highest BCUT2D eigenvalue weighted by molar-refractivity contribution is 6.38. The van der Waals surface area contributed by atoms with Gasteiger partial charge in [0.15, 0.2) is 0 Å². The normalized spacial score (nSPS) is 10.4. The van der Waals surface area contributed by atoms with Gasteiger partial charge < -0.3 is 5.32 Å². The van der Waals surface area contributed by atoms with Gasteiger partial charge in [0.1, 0.15) is 5.69 Å². The van der Waals surface area contributed by atoms with Crippen LogP contribution in [0.4, 0.5) is 5.69 Å². The lowest BCUT2D eigenvalue weighted by atomic mass is 10.1. The molecule has 0 fully saturated rings. The first-order valence-corrected chi connectivity index (χ1v) is 8.61. The number of hydrogen-bond acceptors (Lipinski definition) is 4. The molecule has 0 unspecified atom stereocenters. The van der Waals surface area contributed by atoms with Crippen LogP contribution in [0.25, 0.3) is 0 Å². The molecule has 0 bridgehead atoms. The average Bonchev–Trinajstić information content (AvgIpc) is 3.09. The molecule has 0 radical (unpaired) electrons. The summed E-state index contributed by atoms with van der Waals surface area (Å²) in [5.41, 5.74) is 1.16. The molecule has 2 heterocycles. The molecule has 1 N–H and O–H groups in total. The smallest absolute Gasteiger partial charge is 0.298 e. The third kappa shape index (κ3) is 4.81. The lowest BCUT2D eigenvalue weighted by molar-refractivity contribution is -0.115. The minimum absolute atomic E-state index is 0.132. The first-order chi connectivity index (χ1) is 12.9. The van der Waals surface area contributed by atoms with Crippen molar-refractivity contribution in [2.24, 2.45) is 0 Å². The predicted octanol–water partition coefficient (Wildman–Crippen LogP) is 3.89. The highest BCUT2D eigenvalue weighted by Crippen LogP contribution is 2.20. The number of hydrogen-bond donors (Lipinski definition) is 1. The fraction of sp³-hybridized carbons (Fsp3) is 0.0526. The van der Waals surface area contributed by atoms with Crippen molar-refractivity contribution in [2.75, 3.05) is 5.32 Å². The first kappa shape index (κ1) is 18.8. The topological polar surface area (TPSA) is 81.1 Å². The molecular formula is C19H13Cl2N3O3. The molecule has 0 saturated heterocycles. The van der Waals surface area contributed by atoms with E-state index in [0.717, 1.165) is 4.57 Å². The minimum Gasteiger partial charge on any atom is -0.319 e. The summed E-state index contributed by atoms with van der Waals surface area (Å²) in [6.07, 6.45) is 4.14. The summed E-state index contributed by atoms with van der Waals surface area (Å²) >= 11 is 11.8. The number of nitrogens with zero attached hydrogens (tertiary/aromatic N) is 2. The number of pyridine rings is 1. The molecule has 0 saturated carbocycles. The summed E-state index contributed by atoms with van der Waals surface area (Å²) in [5.74, 6) is -1.78. The van der Waals surface area contributed by atoms with E-state index in [1.165, 1.54) is 24.7 Å². The van der Waals surface area contributed by atoms with Gasteiger partial charge in [0.05, 0.1) is 5.69 Å². The van der Waals surface area contributed by atoms with Gasteiger partial charge in [-0.15, -0.1) is 0 Å². The van der Waals surface area contributed by atoms with Gasteiger partial charge in [0.25, 0.3) is 11.8 Å². The fourth-order valence-electron chi connectivity index (χ4n) is 2.41. The predicted molar refractivity (Wildman–Crippen MR) is 102 cm³/mol. The summed E-state index contributed by atoms with van der Waals surface area (Å²) in [5, 5.41) is 3.39. The molecule has 0 aliphatic rings. The average molecular weight is 402 g/mol. The van der Waals surface area contributed by atoms with Crippen molar-refractivity contribution in [3.05, 3.63) is 82.4 Å². The van der Waals surface area contributed by atoms with Crippen LogP contribution in [0.1, 0.15) is 20.8 Å². The number of aromatic nitrogens is 2. The summed E-state index contributed by atoms with van der Waals surface area (Å²) < 4.78 is 1.11.